The molecule has 1 heterocycles. The Bertz CT molecular complexity index is 1190. The zero-order valence-corrected chi connectivity index (χ0v) is 21.2. The molecule has 0 bridgehead atoms. The van der Waals surface area contributed by atoms with Crippen molar-refractivity contribution in [3.63, 3.8) is 0 Å². The van der Waals surface area contributed by atoms with Gasteiger partial charge in [-0.05, 0) is 32.0 Å². The van der Waals surface area contributed by atoms with Crippen molar-refractivity contribution >= 4 is 17.6 Å². The fourth-order valence-electron chi connectivity index (χ4n) is 4.25. The number of hydrogen-bond acceptors (Lipinski definition) is 8. The molecule has 2 aromatic rings. The summed E-state index contributed by atoms with van der Waals surface area (Å²) in [6.45, 7) is 4.90. The number of carbonyl (C=O) groups is 2. The molecule has 1 aliphatic heterocycles. The summed E-state index contributed by atoms with van der Waals surface area (Å²) < 4.78 is 10.7. The van der Waals surface area contributed by atoms with E-state index in [9.17, 15) is 14.5 Å². The number of nitrogens with zero attached hydrogens (tertiary/aromatic N) is 2. The Balaban J connectivity index is 1.85. The molecule has 1 N–H and O–H groups in total. The van der Waals surface area contributed by atoms with Crippen LogP contribution in [-0.4, -0.2) is 56.2 Å². The van der Waals surface area contributed by atoms with Crippen LogP contribution >= 0.6 is 0 Å². The maximum absolute atomic E-state index is 13.4. The van der Waals surface area contributed by atoms with Crippen LogP contribution in [0, 0.1) is 4.91 Å². The molecule has 9 heteroatoms. The van der Waals surface area contributed by atoms with E-state index < -0.39 is 17.9 Å². The van der Waals surface area contributed by atoms with E-state index in [-0.39, 0.29) is 23.4 Å². The lowest BCUT2D eigenvalue weighted by Gasteiger charge is -2.30. The van der Waals surface area contributed by atoms with Crippen molar-refractivity contribution in [2.45, 2.75) is 26.3 Å². The van der Waals surface area contributed by atoms with Gasteiger partial charge in [0.2, 0.25) is 0 Å². The first-order chi connectivity index (χ1) is 17.3. The summed E-state index contributed by atoms with van der Waals surface area (Å²) in [5.41, 5.74) is 3.60. The molecule has 9 nitrogen and oxygen atoms in total. The molecule has 0 aliphatic carbocycles. The molecule has 0 saturated carbocycles. The first kappa shape index (κ1) is 26.6. The van der Waals surface area contributed by atoms with E-state index in [1.165, 1.54) is 14.2 Å². The summed E-state index contributed by atoms with van der Waals surface area (Å²) in [6.07, 6.45) is 0. The third-order valence-electron chi connectivity index (χ3n) is 5.97. The van der Waals surface area contributed by atoms with E-state index in [0.717, 1.165) is 12.1 Å². The Kier molecular flexibility index (Phi) is 8.97. The number of likely N-dealkylation sites (N-methyl/N-ethyl adjacent to an activating group) is 1. The average Bonchev–Trinajstić information content (AvgIpc) is 2.87. The molecule has 1 atom stereocenters. The second-order valence-corrected chi connectivity index (χ2v) is 8.52. The number of ether oxygens (including phenoxy) is 2. The lowest BCUT2D eigenvalue weighted by molar-refractivity contribution is -0.736. The van der Waals surface area contributed by atoms with Gasteiger partial charge in [0.25, 0.3) is 4.92 Å². The van der Waals surface area contributed by atoms with Crippen molar-refractivity contribution in [1.29, 1.82) is 0 Å². The third-order valence-corrected chi connectivity index (χ3v) is 5.97. The molecule has 2 aromatic carbocycles. The monoisotopic (exact) mass is 494 g/mol. The van der Waals surface area contributed by atoms with Crippen molar-refractivity contribution in [3.8, 4) is 0 Å². The van der Waals surface area contributed by atoms with Crippen LogP contribution in [-0.2, 0) is 30.4 Å². The molecule has 0 amide bonds. The standard InChI is InChI=1S/C27H31N3O6/c1-18-23(26(31)34-4)25(21-12-9-13-22(16-21)30(33)35-5)24(19(2)28-18)27(32)36-15-14-29(3)17-20-10-7-6-8-11-20/h6-13,16,25H,14-15,17H2,1-5H3/p+1. The van der Waals surface area contributed by atoms with Gasteiger partial charge in [-0.1, -0.05) is 42.5 Å². The van der Waals surface area contributed by atoms with E-state index in [2.05, 4.69) is 10.2 Å². The molecular formula is C27H32N3O6+. The van der Waals surface area contributed by atoms with E-state index in [1.807, 2.05) is 37.4 Å². The van der Waals surface area contributed by atoms with E-state index in [4.69, 9.17) is 14.3 Å². The molecule has 0 fully saturated rings. The first-order valence-electron chi connectivity index (χ1n) is 11.5. The summed E-state index contributed by atoms with van der Waals surface area (Å²) in [5.74, 6) is -1.93. The van der Waals surface area contributed by atoms with Crippen molar-refractivity contribution < 1.29 is 28.8 Å². The summed E-state index contributed by atoms with van der Waals surface area (Å²) in [5, 5.41) is 3.11. The van der Waals surface area contributed by atoms with Crippen LogP contribution in [0.15, 0.2) is 77.1 Å². The highest BCUT2D eigenvalue weighted by Crippen LogP contribution is 2.40. The van der Waals surface area contributed by atoms with Gasteiger partial charge in [0.15, 0.2) is 7.11 Å². The maximum Gasteiger partial charge on any atom is 0.336 e. The highest BCUT2D eigenvalue weighted by molar-refractivity contribution is 5.99. The second-order valence-electron chi connectivity index (χ2n) is 8.52. The second kappa shape index (κ2) is 12.1. The van der Waals surface area contributed by atoms with Crippen molar-refractivity contribution in [1.82, 2.24) is 10.2 Å². The van der Waals surface area contributed by atoms with Gasteiger partial charge in [-0.15, -0.1) is 0 Å². The van der Waals surface area contributed by atoms with E-state index in [0.29, 0.717) is 28.4 Å². The molecule has 0 spiro atoms. The SMILES string of the molecule is COC(=O)C1=C(C)NC(C)=C(C(=O)OCCN(C)Cc2ccccc2)C1c1cccc([N+](=O)OC)c1. The fraction of sp³-hybridized carbons (Fsp3) is 0.333. The largest absolute Gasteiger partial charge is 0.466 e. The highest BCUT2D eigenvalue weighted by atomic mass is 16.8. The Morgan fingerprint density at radius 1 is 0.972 bits per heavy atom. The molecule has 0 saturated heterocycles. The summed E-state index contributed by atoms with van der Waals surface area (Å²) in [7, 11) is 4.50. The number of carbonyl (C=O) groups excluding carboxylic acids is 2. The van der Waals surface area contributed by atoms with Crippen LogP contribution in [0.2, 0.25) is 0 Å². The Labute approximate surface area is 210 Å². The number of rotatable bonds is 10. The van der Waals surface area contributed by atoms with Crippen LogP contribution in [0.3, 0.4) is 0 Å². The van der Waals surface area contributed by atoms with Crippen molar-refractivity contribution in [2.75, 3.05) is 34.4 Å². The summed E-state index contributed by atoms with van der Waals surface area (Å²) in [4.78, 5) is 45.4. The molecule has 0 aromatic heterocycles. The van der Waals surface area contributed by atoms with Gasteiger partial charge in [0, 0.05) is 36.6 Å². The first-order valence-corrected chi connectivity index (χ1v) is 11.5. The van der Waals surface area contributed by atoms with Crippen molar-refractivity contribution in [2.24, 2.45) is 0 Å². The molecule has 0 radical (unpaired) electrons. The summed E-state index contributed by atoms with van der Waals surface area (Å²) >= 11 is 0. The van der Waals surface area contributed by atoms with Gasteiger partial charge in [0.1, 0.15) is 6.61 Å². The Morgan fingerprint density at radius 3 is 2.28 bits per heavy atom. The van der Waals surface area contributed by atoms with Crippen LogP contribution in [0.25, 0.3) is 0 Å². The zero-order chi connectivity index (χ0) is 26.2. The lowest BCUT2D eigenvalue weighted by atomic mass is 9.80. The molecule has 3 rings (SSSR count). The number of nitrogens with one attached hydrogen (secondary N) is 1. The Hall–Kier alpha value is -3.98. The molecular weight excluding hydrogens is 462 g/mol. The number of esters is 2. The quantitative estimate of drug-likeness (QED) is 0.394. The number of hydrogen-bond donors (Lipinski definition) is 1. The van der Waals surface area contributed by atoms with Gasteiger partial charge >= 0.3 is 17.6 Å². The maximum atomic E-state index is 13.4. The number of benzene rings is 2. The Morgan fingerprint density at radius 2 is 1.64 bits per heavy atom. The van der Waals surface area contributed by atoms with E-state index >= 15 is 0 Å². The molecule has 1 unspecified atom stereocenters. The molecule has 1 aliphatic rings. The topological polar surface area (TPSA) is 97.2 Å². The average molecular weight is 495 g/mol. The predicted octanol–water partition coefficient (Wildman–Crippen LogP) is 3.74. The lowest BCUT2D eigenvalue weighted by Crippen LogP contribution is -2.33. The van der Waals surface area contributed by atoms with Gasteiger partial charge in [-0.2, -0.15) is 0 Å². The minimum atomic E-state index is -0.793. The minimum Gasteiger partial charge on any atom is -0.466 e. The van der Waals surface area contributed by atoms with Crippen LogP contribution in [0.4, 0.5) is 5.69 Å². The van der Waals surface area contributed by atoms with E-state index in [1.54, 1.807) is 38.1 Å². The normalized spacial score (nSPS) is 15.4. The molecule has 190 valence electrons. The third kappa shape index (κ3) is 6.17. The highest BCUT2D eigenvalue weighted by Gasteiger charge is 2.38. The smallest absolute Gasteiger partial charge is 0.336 e. The van der Waals surface area contributed by atoms with Crippen LogP contribution in [0.1, 0.15) is 30.9 Å². The zero-order valence-electron chi connectivity index (χ0n) is 21.2. The predicted molar refractivity (Wildman–Crippen MR) is 134 cm³/mol. The number of allylic oxidation sites excluding steroid dienone is 2. The minimum absolute atomic E-state index is 0.167. The van der Waals surface area contributed by atoms with Crippen LogP contribution < -0.4 is 5.32 Å². The number of methoxy groups -OCH3 is 1. The van der Waals surface area contributed by atoms with Gasteiger partial charge in [-0.3, -0.25) is 4.90 Å². The van der Waals surface area contributed by atoms with Gasteiger partial charge in [0.05, 0.1) is 29.1 Å². The number of dihydropyridines is 1. The fourth-order valence-corrected chi connectivity index (χ4v) is 4.25. The van der Waals surface area contributed by atoms with Crippen molar-refractivity contribution in [3.05, 3.63) is 93.2 Å². The van der Waals surface area contributed by atoms with Gasteiger partial charge < -0.3 is 14.8 Å². The molecule has 36 heavy (non-hydrogen) atoms. The summed E-state index contributed by atoms with van der Waals surface area (Å²) in [6, 6.07) is 16.6. The van der Waals surface area contributed by atoms with Gasteiger partial charge in [-0.25, -0.2) is 14.4 Å². The van der Waals surface area contributed by atoms with Crippen LogP contribution in [0.5, 0.6) is 0 Å².